The van der Waals surface area contributed by atoms with Gasteiger partial charge in [-0.2, -0.15) is 0 Å². The average molecular weight is 298 g/mol. The van der Waals surface area contributed by atoms with Crippen LogP contribution in [0.4, 0.5) is 11.5 Å². The van der Waals surface area contributed by atoms with Gasteiger partial charge in [-0.25, -0.2) is 9.97 Å². The first-order valence-corrected chi connectivity index (χ1v) is 7.52. The van der Waals surface area contributed by atoms with Crippen LogP contribution >= 0.6 is 0 Å². The zero-order valence-electron chi connectivity index (χ0n) is 13.6. The lowest BCUT2D eigenvalue weighted by atomic mass is 10.2. The molecule has 0 saturated heterocycles. The summed E-state index contributed by atoms with van der Waals surface area (Å²) in [5, 5.41) is 3.23. The molecule has 0 aliphatic heterocycles. The molecule has 5 nitrogen and oxygen atoms in total. The largest absolute Gasteiger partial charge is 0.340 e. The highest BCUT2D eigenvalue weighted by Gasteiger charge is 2.15. The summed E-state index contributed by atoms with van der Waals surface area (Å²) in [5.74, 6) is 1.14. The summed E-state index contributed by atoms with van der Waals surface area (Å²) < 4.78 is 0. The molecule has 1 amide bonds. The van der Waals surface area contributed by atoms with Crippen LogP contribution in [0.25, 0.3) is 0 Å². The van der Waals surface area contributed by atoms with Gasteiger partial charge in [0.25, 0.3) is 5.91 Å². The van der Waals surface area contributed by atoms with Crippen LogP contribution in [0.15, 0.2) is 30.3 Å². The number of hydrogen-bond acceptors (Lipinski definition) is 4. The topological polar surface area (TPSA) is 58.1 Å². The van der Waals surface area contributed by atoms with Crippen LogP contribution in [0.5, 0.6) is 0 Å². The number of rotatable bonds is 5. The van der Waals surface area contributed by atoms with E-state index in [1.807, 2.05) is 45.0 Å². The zero-order valence-corrected chi connectivity index (χ0v) is 13.6. The Bertz CT molecular complexity index is 665. The monoisotopic (exact) mass is 298 g/mol. The molecule has 2 rings (SSSR count). The number of carbonyl (C=O) groups excluding carboxylic acids is 1. The van der Waals surface area contributed by atoms with Crippen molar-refractivity contribution in [2.45, 2.75) is 27.7 Å². The second-order valence-corrected chi connectivity index (χ2v) is 5.16. The third-order valence-electron chi connectivity index (χ3n) is 3.40. The summed E-state index contributed by atoms with van der Waals surface area (Å²) in [4.78, 5) is 22.8. The fourth-order valence-corrected chi connectivity index (χ4v) is 2.28. The van der Waals surface area contributed by atoms with Crippen molar-refractivity contribution in [3.8, 4) is 0 Å². The minimum absolute atomic E-state index is 0.0669. The molecule has 1 N–H and O–H groups in total. The molecule has 0 unspecified atom stereocenters. The fourth-order valence-electron chi connectivity index (χ4n) is 2.28. The van der Waals surface area contributed by atoms with Crippen molar-refractivity contribution in [2.75, 3.05) is 18.4 Å². The van der Waals surface area contributed by atoms with Gasteiger partial charge < -0.3 is 10.2 Å². The number of benzene rings is 1. The van der Waals surface area contributed by atoms with E-state index in [-0.39, 0.29) is 5.91 Å². The second kappa shape index (κ2) is 7.02. The van der Waals surface area contributed by atoms with Crippen molar-refractivity contribution < 1.29 is 4.79 Å². The Morgan fingerprint density at radius 1 is 1.14 bits per heavy atom. The van der Waals surface area contributed by atoms with E-state index < -0.39 is 0 Å². The number of carbonyl (C=O) groups is 1. The van der Waals surface area contributed by atoms with Crippen LogP contribution in [0.1, 0.15) is 35.7 Å². The van der Waals surface area contributed by atoms with Crippen molar-refractivity contribution in [3.05, 3.63) is 47.4 Å². The smallest absolute Gasteiger partial charge is 0.272 e. The fraction of sp³-hybridized carbons (Fsp3) is 0.353. The van der Waals surface area contributed by atoms with Crippen LogP contribution in [-0.4, -0.2) is 33.9 Å². The van der Waals surface area contributed by atoms with Crippen molar-refractivity contribution >= 4 is 17.4 Å². The van der Waals surface area contributed by atoms with E-state index in [2.05, 4.69) is 15.3 Å². The number of amides is 1. The van der Waals surface area contributed by atoms with Gasteiger partial charge in [-0.3, -0.25) is 4.79 Å². The number of aromatic nitrogens is 2. The molecule has 1 aromatic heterocycles. The summed E-state index contributed by atoms with van der Waals surface area (Å²) in [6.45, 7) is 9.08. The lowest BCUT2D eigenvalue weighted by Gasteiger charge is -2.18. The average Bonchev–Trinajstić information content (AvgIpc) is 2.47. The maximum atomic E-state index is 12.4. The molecule has 0 bridgehead atoms. The van der Waals surface area contributed by atoms with E-state index in [0.29, 0.717) is 30.4 Å². The molecular formula is C17H22N4O. The Morgan fingerprint density at radius 2 is 1.86 bits per heavy atom. The van der Waals surface area contributed by atoms with E-state index in [4.69, 9.17) is 0 Å². The molecule has 0 saturated carbocycles. The highest BCUT2D eigenvalue weighted by atomic mass is 16.2. The van der Waals surface area contributed by atoms with Crippen LogP contribution in [0, 0.1) is 13.8 Å². The summed E-state index contributed by atoms with van der Waals surface area (Å²) in [5.41, 5.74) is 2.53. The number of nitrogens with zero attached hydrogens (tertiary/aromatic N) is 3. The highest BCUT2D eigenvalue weighted by molar-refractivity contribution is 5.93. The Balaban J connectivity index is 2.28. The van der Waals surface area contributed by atoms with Gasteiger partial charge in [0.05, 0.1) is 0 Å². The number of aryl methyl sites for hydroxylation is 2. The molecule has 5 heteroatoms. The van der Waals surface area contributed by atoms with E-state index in [0.717, 1.165) is 11.3 Å². The maximum Gasteiger partial charge on any atom is 0.272 e. The second-order valence-electron chi connectivity index (χ2n) is 5.16. The van der Waals surface area contributed by atoms with Gasteiger partial charge in [-0.15, -0.1) is 0 Å². The van der Waals surface area contributed by atoms with Gasteiger partial charge in [-0.1, -0.05) is 12.1 Å². The van der Waals surface area contributed by atoms with E-state index in [1.165, 1.54) is 0 Å². The van der Waals surface area contributed by atoms with Crippen LogP contribution in [0.3, 0.4) is 0 Å². The van der Waals surface area contributed by atoms with Crippen LogP contribution < -0.4 is 5.32 Å². The van der Waals surface area contributed by atoms with Crippen molar-refractivity contribution in [1.82, 2.24) is 14.9 Å². The molecular weight excluding hydrogens is 276 g/mol. The summed E-state index contributed by atoms with van der Waals surface area (Å²) in [7, 11) is 0. The number of nitrogens with one attached hydrogen (secondary N) is 1. The Hall–Kier alpha value is -2.43. The molecule has 0 atom stereocenters. The van der Waals surface area contributed by atoms with E-state index >= 15 is 0 Å². The van der Waals surface area contributed by atoms with E-state index in [1.54, 1.807) is 17.9 Å². The summed E-state index contributed by atoms with van der Waals surface area (Å²) in [6, 6.07) is 9.72. The third kappa shape index (κ3) is 3.81. The SMILES string of the molecule is CCN(CC)C(=O)c1cc(Nc2cccc(C)c2)nc(C)n1. The Morgan fingerprint density at radius 3 is 2.50 bits per heavy atom. The first-order chi connectivity index (χ1) is 10.5. The van der Waals surface area contributed by atoms with Crippen molar-refractivity contribution in [2.24, 2.45) is 0 Å². The first-order valence-electron chi connectivity index (χ1n) is 7.52. The predicted octanol–water partition coefficient (Wildman–Crippen LogP) is 3.32. The predicted molar refractivity (Wildman–Crippen MR) is 88.5 cm³/mol. The highest BCUT2D eigenvalue weighted by Crippen LogP contribution is 2.17. The zero-order chi connectivity index (χ0) is 16.1. The number of anilines is 2. The van der Waals surface area contributed by atoms with Crippen LogP contribution in [0.2, 0.25) is 0 Å². The molecule has 2 aromatic rings. The van der Waals surface area contributed by atoms with Gasteiger partial charge in [0, 0.05) is 24.8 Å². The number of hydrogen-bond donors (Lipinski definition) is 1. The minimum Gasteiger partial charge on any atom is -0.340 e. The van der Waals surface area contributed by atoms with Gasteiger partial charge in [0.2, 0.25) is 0 Å². The molecule has 0 aliphatic carbocycles. The molecule has 0 aliphatic rings. The van der Waals surface area contributed by atoms with Crippen molar-refractivity contribution in [1.29, 1.82) is 0 Å². The Labute approximate surface area is 131 Å². The lowest BCUT2D eigenvalue weighted by Crippen LogP contribution is -2.31. The minimum atomic E-state index is -0.0669. The molecule has 0 radical (unpaired) electrons. The molecule has 1 heterocycles. The lowest BCUT2D eigenvalue weighted by molar-refractivity contribution is 0.0766. The van der Waals surface area contributed by atoms with Crippen LogP contribution in [-0.2, 0) is 0 Å². The quantitative estimate of drug-likeness (QED) is 0.920. The molecule has 116 valence electrons. The Kier molecular flexibility index (Phi) is 5.09. The van der Waals surface area contributed by atoms with Gasteiger partial charge in [-0.05, 0) is 45.4 Å². The molecule has 1 aromatic carbocycles. The van der Waals surface area contributed by atoms with Gasteiger partial charge in [0.1, 0.15) is 17.3 Å². The molecule has 0 fully saturated rings. The normalized spacial score (nSPS) is 10.4. The van der Waals surface area contributed by atoms with Gasteiger partial charge in [0.15, 0.2) is 0 Å². The molecule has 0 spiro atoms. The third-order valence-corrected chi connectivity index (χ3v) is 3.40. The standard InChI is InChI=1S/C17H22N4O/c1-5-21(6-2)17(22)15-11-16(19-13(4)18-15)20-14-9-7-8-12(3)10-14/h7-11H,5-6H2,1-4H3,(H,18,19,20). The first kappa shape index (κ1) is 15.9. The maximum absolute atomic E-state index is 12.4. The van der Waals surface area contributed by atoms with E-state index in [9.17, 15) is 4.79 Å². The van der Waals surface area contributed by atoms with Crippen molar-refractivity contribution in [3.63, 3.8) is 0 Å². The molecule has 22 heavy (non-hydrogen) atoms. The summed E-state index contributed by atoms with van der Waals surface area (Å²) in [6.07, 6.45) is 0. The summed E-state index contributed by atoms with van der Waals surface area (Å²) >= 11 is 0. The van der Waals surface area contributed by atoms with Gasteiger partial charge >= 0.3 is 0 Å².